The van der Waals surface area contributed by atoms with Crippen molar-refractivity contribution in [3.8, 4) is 11.5 Å². The number of alkyl carbamates (subject to hydrolysis) is 1. The molecule has 2 rings (SSSR count). The Hall–Kier alpha value is -3.22. The number of ether oxygens (including phenoxy) is 4. The smallest absolute Gasteiger partial charge is 0.408 e. The summed E-state index contributed by atoms with van der Waals surface area (Å²) in [6.07, 6.45) is 0.473. The fraction of sp³-hybridized carbons (Fsp3) is 0.517. The predicted molar refractivity (Wildman–Crippen MR) is 140 cm³/mol. The summed E-state index contributed by atoms with van der Waals surface area (Å²) in [7, 11) is 1.62. The van der Waals surface area contributed by atoms with Crippen LogP contribution in [-0.4, -0.2) is 37.4 Å². The van der Waals surface area contributed by atoms with Gasteiger partial charge >= 0.3 is 12.1 Å². The molecule has 7 heteroatoms. The molecule has 198 valence electrons. The number of methoxy groups -OCH3 is 1. The molecule has 2 aromatic carbocycles. The van der Waals surface area contributed by atoms with Crippen LogP contribution in [0.2, 0.25) is 0 Å². The van der Waals surface area contributed by atoms with Crippen LogP contribution in [0.5, 0.6) is 11.5 Å². The van der Waals surface area contributed by atoms with Crippen molar-refractivity contribution in [2.75, 3.05) is 13.7 Å². The fourth-order valence-electron chi connectivity index (χ4n) is 3.80. The minimum absolute atomic E-state index is 0.0877. The molecule has 0 bridgehead atoms. The minimum Gasteiger partial charge on any atom is -0.493 e. The molecule has 0 aliphatic carbocycles. The molecular formula is C29H41NO6. The minimum atomic E-state index is -0.806. The lowest BCUT2D eigenvalue weighted by atomic mass is 9.84. The van der Waals surface area contributed by atoms with Gasteiger partial charge in [-0.15, -0.1) is 0 Å². The van der Waals surface area contributed by atoms with Crippen LogP contribution in [-0.2, 0) is 27.3 Å². The van der Waals surface area contributed by atoms with Crippen molar-refractivity contribution in [1.29, 1.82) is 0 Å². The number of benzene rings is 2. The number of carbonyl (C=O) groups excluding carboxylic acids is 2. The molecule has 1 amide bonds. The van der Waals surface area contributed by atoms with Gasteiger partial charge in [-0.3, -0.25) is 0 Å². The summed E-state index contributed by atoms with van der Waals surface area (Å²) in [5.41, 5.74) is 1.45. The summed E-state index contributed by atoms with van der Waals surface area (Å²) in [5, 5.41) is 2.72. The van der Waals surface area contributed by atoms with Gasteiger partial charge in [0.05, 0.1) is 13.7 Å². The van der Waals surface area contributed by atoms with Crippen LogP contribution in [0.1, 0.15) is 59.1 Å². The number of amides is 1. The maximum atomic E-state index is 12.7. The van der Waals surface area contributed by atoms with E-state index < -0.39 is 23.7 Å². The summed E-state index contributed by atoms with van der Waals surface area (Å²) in [6, 6.07) is 15.0. The lowest BCUT2D eigenvalue weighted by Crippen LogP contribution is -2.45. The predicted octanol–water partition coefficient (Wildman–Crippen LogP) is 5.94. The maximum Gasteiger partial charge on any atom is 0.408 e. The van der Waals surface area contributed by atoms with Crippen molar-refractivity contribution < 1.29 is 28.5 Å². The molecule has 0 unspecified atom stereocenters. The Bertz CT molecular complexity index is 967. The summed E-state index contributed by atoms with van der Waals surface area (Å²) < 4.78 is 22.2. The third-order valence-corrected chi connectivity index (χ3v) is 5.71. The van der Waals surface area contributed by atoms with E-state index in [1.807, 2.05) is 48.5 Å². The van der Waals surface area contributed by atoms with E-state index in [0.29, 0.717) is 30.9 Å². The standard InChI is InChI=1S/C29H41NO6/c1-8-34-27(31)24(30-28(32)36-29(4,5)6)18-23(20(2)3)16-22-14-15-25(33-7)26(17-22)35-19-21-12-10-9-11-13-21/h9-15,17,20,23-24H,8,16,18-19H2,1-7H3,(H,30,32)/t23-,24-/m0/s1. The number of hydrogen-bond donors (Lipinski definition) is 1. The topological polar surface area (TPSA) is 83.1 Å². The number of esters is 1. The Balaban J connectivity index is 2.18. The van der Waals surface area contributed by atoms with Gasteiger partial charge in [-0.05, 0) is 75.6 Å². The van der Waals surface area contributed by atoms with Crippen molar-refractivity contribution in [2.24, 2.45) is 11.8 Å². The Labute approximate surface area is 215 Å². The second-order valence-electron chi connectivity index (χ2n) is 10.2. The summed E-state index contributed by atoms with van der Waals surface area (Å²) in [5.74, 6) is 1.19. The fourth-order valence-corrected chi connectivity index (χ4v) is 3.80. The first-order chi connectivity index (χ1) is 17.0. The van der Waals surface area contributed by atoms with Crippen LogP contribution in [0.4, 0.5) is 4.79 Å². The normalized spacial score (nSPS) is 13.0. The van der Waals surface area contributed by atoms with Gasteiger partial charge in [0.25, 0.3) is 0 Å². The first-order valence-electron chi connectivity index (χ1n) is 12.5. The third kappa shape index (κ3) is 9.80. The van der Waals surface area contributed by atoms with E-state index in [0.717, 1.165) is 11.1 Å². The quantitative estimate of drug-likeness (QED) is 0.364. The molecule has 0 aliphatic rings. The lowest BCUT2D eigenvalue weighted by Gasteiger charge is -2.27. The largest absolute Gasteiger partial charge is 0.493 e. The summed E-state index contributed by atoms with van der Waals surface area (Å²) >= 11 is 0. The monoisotopic (exact) mass is 499 g/mol. The third-order valence-electron chi connectivity index (χ3n) is 5.71. The Morgan fingerprint density at radius 1 is 0.972 bits per heavy atom. The number of rotatable bonds is 12. The molecule has 0 saturated heterocycles. The molecule has 0 spiro atoms. The SMILES string of the molecule is CCOC(=O)[C@H](C[C@H](Cc1ccc(OC)c(OCc2ccccc2)c1)C(C)C)NC(=O)OC(C)(C)C. The molecule has 1 N–H and O–H groups in total. The first kappa shape index (κ1) is 29.0. The van der Waals surface area contributed by atoms with E-state index in [4.69, 9.17) is 18.9 Å². The number of nitrogens with one attached hydrogen (secondary N) is 1. The zero-order valence-corrected chi connectivity index (χ0v) is 22.6. The van der Waals surface area contributed by atoms with E-state index in [-0.39, 0.29) is 18.4 Å². The molecule has 0 saturated carbocycles. The Morgan fingerprint density at radius 2 is 1.67 bits per heavy atom. The van der Waals surface area contributed by atoms with Crippen LogP contribution in [0.15, 0.2) is 48.5 Å². The molecule has 0 fully saturated rings. The molecule has 2 atom stereocenters. The van der Waals surface area contributed by atoms with Crippen molar-refractivity contribution in [2.45, 2.75) is 72.6 Å². The summed E-state index contributed by atoms with van der Waals surface area (Å²) in [6.45, 7) is 12.0. The molecule has 7 nitrogen and oxygen atoms in total. The molecule has 0 aliphatic heterocycles. The number of hydrogen-bond acceptors (Lipinski definition) is 6. The van der Waals surface area contributed by atoms with Crippen LogP contribution >= 0.6 is 0 Å². The van der Waals surface area contributed by atoms with Crippen molar-refractivity contribution in [1.82, 2.24) is 5.32 Å². The molecular weight excluding hydrogens is 458 g/mol. The van der Waals surface area contributed by atoms with Crippen molar-refractivity contribution in [3.63, 3.8) is 0 Å². The van der Waals surface area contributed by atoms with Gasteiger partial charge in [-0.2, -0.15) is 0 Å². The van der Waals surface area contributed by atoms with Gasteiger partial charge in [0, 0.05) is 0 Å². The second-order valence-corrected chi connectivity index (χ2v) is 10.2. The summed E-state index contributed by atoms with van der Waals surface area (Å²) in [4.78, 5) is 25.1. The van der Waals surface area contributed by atoms with Crippen LogP contribution in [0.25, 0.3) is 0 Å². The highest BCUT2D eigenvalue weighted by atomic mass is 16.6. The highest BCUT2D eigenvalue weighted by molar-refractivity contribution is 5.81. The van der Waals surface area contributed by atoms with Gasteiger partial charge in [0.2, 0.25) is 0 Å². The Morgan fingerprint density at radius 3 is 2.25 bits per heavy atom. The zero-order chi connectivity index (χ0) is 26.7. The van der Waals surface area contributed by atoms with Gasteiger partial charge in [0.15, 0.2) is 11.5 Å². The van der Waals surface area contributed by atoms with E-state index in [9.17, 15) is 9.59 Å². The average molecular weight is 500 g/mol. The van der Waals surface area contributed by atoms with E-state index in [1.165, 1.54) is 0 Å². The molecule has 36 heavy (non-hydrogen) atoms. The highest BCUT2D eigenvalue weighted by Crippen LogP contribution is 2.31. The average Bonchev–Trinajstić information content (AvgIpc) is 2.81. The van der Waals surface area contributed by atoms with Crippen molar-refractivity contribution in [3.05, 3.63) is 59.7 Å². The molecule has 0 aromatic heterocycles. The molecule has 0 heterocycles. The van der Waals surface area contributed by atoms with Gasteiger partial charge in [-0.25, -0.2) is 9.59 Å². The van der Waals surface area contributed by atoms with Gasteiger partial charge in [0.1, 0.15) is 18.2 Å². The van der Waals surface area contributed by atoms with E-state index >= 15 is 0 Å². The van der Waals surface area contributed by atoms with Crippen LogP contribution in [0, 0.1) is 11.8 Å². The van der Waals surface area contributed by atoms with E-state index in [1.54, 1.807) is 34.8 Å². The van der Waals surface area contributed by atoms with Crippen molar-refractivity contribution >= 4 is 12.1 Å². The van der Waals surface area contributed by atoms with Crippen LogP contribution in [0.3, 0.4) is 0 Å². The Kier molecular flexibility index (Phi) is 11.1. The van der Waals surface area contributed by atoms with Crippen LogP contribution < -0.4 is 14.8 Å². The van der Waals surface area contributed by atoms with E-state index in [2.05, 4.69) is 19.2 Å². The van der Waals surface area contributed by atoms with Gasteiger partial charge in [-0.1, -0.05) is 50.2 Å². The van der Waals surface area contributed by atoms with Gasteiger partial charge < -0.3 is 24.3 Å². The molecule has 0 radical (unpaired) electrons. The first-order valence-corrected chi connectivity index (χ1v) is 12.5. The lowest BCUT2D eigenvalue weighted by molar-refractivity contribution is -0.146. The molecule has 2 aromatic rings. The maximum absolute atomic E-state index is 12.7. The second kappa shape index (κ2) is 13.8. The number of carbonyl (C=O) groups is 2. The zero-order valence-electron chi connectivity index (χ0n) is 22.6. The highest BCUT2D eigenvalue weighted by Gasteiger charge is 2.29.